The van der Waals surface area contributed by atoms with Crippen molar-refractivity contribution in [3.05, 3.63) is 29.7 Å². The number of halogens is 1. The molecule has 0 aliphatic heterocycles. The first-order valence-electron chi connectivity index (χ1n) is 6.71. The van der Waals surface area contributed by atoms with Crippen molar-refractivity contribution >= 4 is 43.7 Å². The molecule has 1 unspecified atom stereocenters. The average molecular weight is 374 g/mol. The number of sulfone groups is 1. The van der Waals surface area contributed by atoms with Gasteiger partial charge >= 0.3 is 0 Å². The SMILES string of the molecule is CC(CS(C)(=O)=O)C(=O)N(C)c1sc(-c2cccnc2)nc1Cl. The second-order valence-corrected chi connectivity index (χ2v) is 8.77. The summed E-state index contributed by atoms with van der Waals surface area (Å²) in [5, 5.41) is 1.33. The fourth-order valence-electron chi connectivity index (χ4n) is 2.07. The second kappa shape index (κ2) is 6.94. The highest BCUT2D eigenvalue weighted by atomic mass is 35.5. The number of hydrogen-bond donors (Lipinski definition) is 0. The summed E-state index contributed by atoms with van der Waals surface area (Å²) in [6.07, 6.45) is 4.42. The highest BCUT2D eigenvalue weighted by Crippen LogP contribution is 2.37. The molecule has 0 aliphatic carbocycles. The minimum atomic E-state index is -3.23. The number of anilines is 1. The summed E-state index contributed by atoms with van der Waals surface area (Å²) in [6.45, 7) is 1.58. The molecule has 0 fully saturated rings. The van der Waals surface area contributed by atoms with Crippen LogP contribution in [0.5, 0.6) is 0 Å². The molecule has 0 aromatic carbocycles. The molecule has 0 N–H and O–H groups in total. The van der Waals surface area contributed by atoms with Crippen molar-refractivity contribution in [3.8, 4) is 10.6 Å². The molecule has 2 aromatic rings. The molecule has 0 spiro atoms. The largest absolute Gasteiger partial charge is 0.304 e. The molecule has 0 saturated carbocycles. The summed E-state index contributed by atoms with van der Waals surface area (Å²) in [6, 6.07) is 3.63. The lowest BCUT2D eigenvalue weighted by molar-refractivity contribution is -0.121. The summed E-state index contributed by atoms with van der Waals surface area (Å²) < 4.78 is 22.7. The molecule has 2 heterocycles. The van der Waals surface area contributed by atoms with E-state index in [1.54, 1.807) is 32.4 Å². The van der Waals surface area contributed by atoms with Crippen LogP contribution < -0.4 is 4.90 Å². The Morgan fingerprint density at radius 2 is 2.17 bits per heavy atom. The van der Waals surface area contributed by atoms with Gasteiger partial charge in [0.25, 0.3) is 0 Å². The van der Waals surface area contributed by atoms with Crippen LogP contribution in [0, 0.1) is 5.92 Å². The van der Waals surface area contributed by atoms with Crippen LogP contribution in [0.3, 0.4) is 0 Å². The number of rotatable bonds is 5. The molecule has 23 heavy (non-hydrogen) atoms. The Labute approximate surface area is 144 Å². The van der Waals surface area contributed by atoms with Crippen LogP contribution in [0.15, 0.2) is 24.5 Å². The molecule has 0 bridgehead atoms. The zero-order valence-corrected chi connectivity index (χ0v) is 15.2. The molecule has 1 amide bonds. The maximum absolute atomic E-state index is 12.4. The van der Waals surface area contributed by atoms with Gasteiger partial charge in [0.1, 0.15) is 19.8 Å². The molecule has 0 radical (unpaired) electrons. The quantitative estimate of drug-likeness (QED) is 0.804. The van der Waals surface area contributed by atoms with E-state index >= 15 is 0 Å². The van der Waals surface area contributed by atoms with Crippen LogP contribution in [-0.4, -0.2) is 43.3 Å². The average Bonchev–Trinajstić information content (AvgIpc) is 2.87. The Bertz CT molecular complexity index is 806. The molecule has 1 atom stereocenters. The first-order valence-corrected chi connectivity index (χ1v) is 9.96. The second-order valence-electron chi connectivity index (χ2n) is 5.25. The van der Waals surface area contributed by atoms with Gasteiger partial charge in [0.05, 0.1) is 5.75 Å². The van der Waals surface area contributed by atoms with Gasteiger partial charge in [0.2, 0.25) is 5.91 Å². The molecule has 2 aromatic heterocycles. The number of carbonyl (C=O) groups is 1. The molecule has 0 saturated heterocycles. The van der Waals surface area contributed by atoms with E-state index in [-0.39, 0.29) is 16.8 Å². The van der Waals surface area contributed by atoms with Crippen molar-refractivity contribution in [1.29, 1.82) is 0 Å². The normalized spacial score (nSPS) is 12.9. The van der Waals surface area contributed by atoms with E-state index in [2.05, 4.69) is 9.97 Å². The molecule has 124 valence electrons. The van der Waals surface area contributed by atoms with Gasteiger partial charge < -0.3 is 4.90 Å². The topological polar surface area (TPSA) is 80.2 Å². The van der Waals surface area contributed by atoms with Gasteiger partial charge in [-0.15, -0.1) is 0 Å². The maximum atomic E-state index is 12.4. The van der Waals surface area contributed by atoms with Crippen LogP contribution >= 0.6 is 22.9 Å². The van der Waals surface area contributed by atoms with Crippen LogP contribution in [0.2, 0.25) is 5.15 Å². The van der Waals surface area contributed by atoms with Crippen LogP contribution in [-0.2, 0) is 14.6 Å². The molecular weight excluding hydrogens is 358 g/mol. The molecule has 9 heteroatoms. The van der Waals surface area contributed by atoms with Gasteiger partial charge in [-0.3, -0.25) is 9.78 Å². The van der Waals surface area contributed by atoms with Crippen LogP contribution in [0.25, 0.3) is 10.6 Å². The number of hydrogen-bond acceptors (Lipinski definition) is 6. The third-order valence-corrected chi connectivity index (χ3v) is 5.75. The van der Waals surface area contributed by atoms with Crippen molar-refractivity contribution < 1.29 is 13.2 Å². The van der Waals surface area contributed by atoms with E-state index in [0.717, 1.165) is 11.8 Å². The lowest BCUT2D eigenvalue weighted by Gasteiger charge is -2.19. The van der Waals surface area contributed by atoms with Crippen molar-refractivity contribution in [2.75, 3.05) is 24.0 Å². The van der Waals surface area contributed by atoms with E-state index < -0.39 is 15.8 Å². The van der Waals surface area contributed by atoms with Crippen molar-refractivity contribution in [2.24, 2.45) is 5.92 Å². The monoisotopic (exact) mass is 373 g/mol. The zero-order chi connectivity index (χ0) is 17.2. The maximum Gasteiger partial charge on any atom is 0.231 e. The minimum absolute atomic E-state index is 0.205. The third-order valence-electron chi connectivity index (χ3n) is 3.09. The van der Waals surface area contributed by atoms with E-state index in [1.807, 2.05) is 6.07 Å². The van der Waals surface area contributed by atoms with Crippen molar-refractivity contribution in [1.82, 2.24) is 9.97 Å². The Balaban J connectivity index is 2.25. The number of pyridine rings is 1. The fourth-order valence-corrected chi connectivity index (χ4v) is 4.41. The molecular formula is C14H16ClN3O3S2. The van der Waals surface area contributed by atoms with E-state index in [0.29, 0.717) is 10.0 Å². The van der Waals surface area contributed by atoms with Gasteiger partial charge in [-0.05, 0) is 12.1 Å². The first-order chi connectivity index (χ1) is 10.7. The summed E-state index contributed by atoms with van der Waals surface area (Å²) in [4.78, 5) is 22.0. The Morgan fingerprint density at radius 3 is 2.74 bits per heavy atom. The summed E-state index contributed by atoms with van der Waals surface area (Å²) in [5.41, 5.74) is 0.802. The van der Waals surface area contributed by atoms with Crippen molar-refractivity contribution in [2.45, 2.75) is 6.92 Å². The van der Waals surface area contributed by atoms with Crippen LogP contribution in [0.4, 0.5) is 5.00 Å². The predicted molar refractivity (Wildman–Crippen MR) is 92.6 cm³/mol. The lowest BCUT2D eigenvalue weighted by atomic mass is 10.2. The summed E-state index contributed by atoms with van der Waals surface area (Å²) in [5.74, 6) is -1.18. The minimum Gasteiger partial charge on any atom is -0.304 e. The first kappa shape index (κ1) is 17.8. The number of nitrogens with zero attached hydrogens (tertiary/aromatic N) is 3. The standard InChI is InChI=1S/C14H16ClN3O3S2/c1-9(8-23(3,20)21)13(19)18(2)14-11(15)17-12(22-14)10-5-4-6-16-7-10/h4-7,9H,8H2,1-3H3. The van der Waals surface area contributed by atoms with Gasteiger partial charge in [0.15, 0.2) is 5.15 Å². The highest BCUT2D eigenvalue weighted by Gasteiger charge is 2.25. The fraction of sp³-hybridized carbons (Fsp3) is 0.357. The Kier molecular flexibility index (Phi) is 5.38. The summed E-state index contributed by atoms with van der Waals surface area (Å²) >= 11 is 7.40. The van der Waals surface area contributed by atoms with E-state index in [1.165, 1.54) is 16.2 Å². The predicted octanol–water partition coefficient (Wildman–Crippen LogP) is 2.50. The highest BCUT2D eigenvalue weighted by molar-refractivity contribution is 7.90. The lowest BCUT2D eigenvalue weighted by Crippen LogP contribution is -2.34. The zero-order valence-electron chi connectivity index (χ0n) is 12.9. The van der Waals surface area contributed by atoms with Gasteiger partial charge in [0, 0.05) is 37.2 Å². The number of thiazole rings is 1. The van der Waals surface area contributed by atoms with Crippen molar-refractivity contribution in [3.63, 3.8) is 0 Å². The molecule has 6 nitrogen and oxygen atoms in total. The third kappa shape index (κ3) is 4.49. The number of carbonyl (C=O) groups excluding carboxylic acids is 1. The van der Waals surface area contributed by atoms with E-state index in [4.69, 9.17) is 11.6 Å². The number of aromatic nitrogens is 2. The van der Waals surface area contributed by atoms with E-state index in [9.17, 15) is 13.2 Å². The van der Waals surface area contributed by atoms with Gasteiger partial charge in [-0.1, -0.05) is 29.9 Å². The van der Waals surface area contributed by atoms with Gasteiger partial charge in [-0.2, -0.15) is 0 Å². The Morgan fingerprint density at radius 1 is 1.48 bits per heavy atom. The summed E-state index contributed by atoms with van der Waals surface area (Å²) in [7, 11) is -1.67. The smallest absolute Gasteiger partial charge is 0.231 e. The number of amides is 1. The molecule has 0 aliphatic rings. The molecule has 2 rings (SSSR count). The van der Waals surface area contributed by atoms with Gasteiger partial charge in [-0.25, -0.2) is 13.4 Å². The Hall–Kier alpha value is -1.51. The van der Waals surface area contributed by atoms with Crippen LogP contribution in [0.1, 0.15) is 6.92 Å².